The van der Waals surface area contributed by atoms with E-state index < -0.39 is 27.1 Å². The molecule has 0 aliphatic carbocycles. The molecule has 0 unspecified atom stereocenters. The number of hydrogen-bond acceptors (Lipinski definition) is 9. The van der Waals surface area contributed by atoms with E-state index in [9.17, 15) is 29.8 Å². The molecule has 13 heteroatoms. The number of nitrogens with zero attached hydrogens (tertiary/aromatic N) is 3. The van der Waals surface area contributed by atoms with Crippen LogP contribution in [0.25, 0.3) is 6.08 Å². The minimum atomic E-state index is -0.792. The number of carbonyl (C=O) groups is 2. The second-order valence-corrected chi connectivity index (χ2v) is 8.79. The molecular weight excluding hydrogens is 494 g/mol. The zero-order chi connectivity index (χ0) is 25.4. The molecule has 0 saturated carbocycles. The summed E-state index contributed by atoms with van der Waals surface area (Å²) in [5, 5.41) is 22.0. The van der Waals surface area contributed by atoms with Gasteiger partial charge in [-0.15, -0.1) is 0 Å². The highest BCUT2D eigenvalue weighted by atomic mass is 32.2. The van der Waals surface area contributed by atoms with Gasteiger partial charge in [0.15, 0.2) is 0 Å². The van der Waals surface area contributed by atoms with Crippen LogP contribution in [0.4, 0.5) is 17.1 Å². The highest BCUT2D eigenvalue weighted by Crippen LogP contribution is 2.31. The van der Waals surface area contributed by atoms with Gasteiger partial charge in [0.25, 0.3) is 11.6 Å². The van der Waals surface area contributed by atoms with Crippen LogP contribution in [0.2, 0.25) is 0 Å². The lowest BCUT2D eigenvalue weighted by atomic mass is 10.2. The van der Waals surface area contributed by atoms with Crippen LogP contribution in [0.5, 0.6) is 0 Å². The Labute approximate surface area is 209 Å². The molecule has 1 heterocycles. The van der Waals surface area contributed by atoms with Crippen molar-refractivity contribution >= 4 is 63.3 Å². The summed E-state index contributed by atoms with van der Waals surface area (Å²) < 4.78 is 0.398. The fourth-order valence-electron chi connectivity index (χ4n) is 3.01. The Morgan fingerprint density at radius 1 is 1.11 bits per heavy atom. The predicted octanol–water partition coefficient (Wildman–Crippen LogP) is 4.18. The smallest absolute Gasteiger partial charge is 0.293 e. The predicted molar refractivity (Wildman–Crippen MR) is 136 cm³/mol. The van der Waals surface area contributed by atoms with E-state index in [4.69, 9.17) is 12.2 Å². The average Bonchev–Trinajstić information content (AvgIpc) is 3.10. The Balaban J connectivity index is 1.49. The summed E-state index contributed by atoms with van der Waals surface area (Å²) in [4.78, 5) is 47.1. The number of nitro groups is 2. The monoisotopic (exact) mass is 513 g/mol. The van der Waals surface area contributed by atoms with Crippen molar-refractivity contribution in [3.05, 3.63) is 91.4 Å². The van der Waals surface area contributed by atoms with Crippen molar-refractivity contribution in [2.45, 2.75) is 12.8 Å². The molecule has 11 nitrogen and oxygen atoms in total. The first-order valence-electron chi connectivity index (χ1n) is 10.2. The van der Waals surface area contributed by atoms with E-state index in [-0.39, 0.29) is 24.6 Å². The summed E-state index contributed by atoms with van der Waals surface area (Å²) in [5.41, 5.74) is 4.63. The molecule has 1 fully saturated rings. The number of nitrogens with one attached hydrogen (secondary N) is 2. The van der Waals surface area contributed by atoms with Gasteiger partial charge in [0.1, 0.15) is 10.0 Å². The molecule has 0 atom stereocenters. The van der Waals surface area contributed by atoms with Gasteiger partial charge in [-0.25, -0.2) is 0 Å². The van der Waals surface area contributed by atoms with Crippen LogP contribution in [0, 0.1) is 20.2 Å². The van der Waals surface area contributed by atoms with Crippen LogP contribution in [0.3, 0.4) is 0 Å². The first kappa shape index (κ1) is 25.5. The van der Waals surface area contributed by atoms with Crippen LogP contribution >= 0.6 is 24.0 Å². The number of non-ortho nitro benzene ring substituents is 1. The minimum absolute atomic E-state index is 0.0117. The second kappa shape index (κ2) is 11.9. The number of benzene rings is 2. The largest absolute Gasteiger partial charge is 0.300 e. The maximum Gasteiger partial charge on any atom is 0.300 e. The summed E-state index contributed by atoms with van der Waals surface area (Å²) in [5.74, 6) is -0.720. The van der Waals surface area contributed by atoms with Crippen LogP contribution in [-0.4, -0.2) is 37.4 Å². The van der Waals surface area contributed by atoms with Crippen molar-refractivity contribution in [1.29, 1.82) is 0 Å². The molecule has 0 radical (unpaired) electrons. The lowest BCUT2D eigenvalue weighted by Gasteiger charge is -2.14. The highest BCUT2D eigenvalue weighted by Gasteiger charge is 2.31. The zero-order valence-electron chi connectivity index (χ0n) is 18.1. The van der Waals surface area contributed by atoms with Crippen LogP contribution in [0.1, 0.15) is 18.4 Å². The van der Waals surface area contributed by atoms with E-state index in [1.807, 2.05) is 36.4 Å². The van der Waals surface area contributed by atoms with E-state index in [0.29, 0.717) is 15.6 Å². The van der Waals surface area contributed by atoms with Gasteiger partial charge in [0, 0.05) is 19.0 Å². The molecule has 2 N–H and O–H groups in total. The number of thiocarbonyl (C=S) groups is 1. The SMILES string of the molecule is O=C(CCCN1C(=O)/C(=C/C=C/c2ccccc2)SC1=S)NNc1ccc([N+](=O)[O-])cc1[N+](=O)[O-]. The third-order valence-electron chi connectivity index (χ3n) is 4.72. The maximum absolute atomic E-state index is 12.6. The van der Waals surface area contributed by atoms with Gasteiger partial charge in [0.2, 0.25) is 5.91 Å². The molecule has 35 heavy (non-hydrogen) atoms. The van der Waals surface area contributed by atoms with Gasteiger partial charge in [0.05, 0.1) is 20.8 Å². The Morgan fingerprint density at radius 3 is 2.54 bits per heavy atom. The van der Waals surface area contributed by atoms with Gasteiger partial charge in [-0.05, 0) is 24.1 Å². The number of thioether (sulfide) groups is 1. The number of carbonyl (C=O) groups excluding carboxylic acids is 2. The maximum atomic E-state index is 12.6. The summed E-state index contributed by atoms with van der Waals surface area (Å²) in [6.45, 7) is 0.232. The molecule has 1 aliphatic rings. The van der Waals surface area contributed by atoms with Crippen molar-refractivity contribution < 1.29 is 19.4 Å². The topological polar surface area (TPSA) is 148 Å². The average molecular weight is 514 g/mol. The molecule has 0 spiro atoms. The Kier molecular flexibility index (Phi) is 8.64. The normalized spacial score (nSPS) is 14.5. The number of nitro benzene ring substituents is 2. The van der Waals surface area contributed by atoms with Crippen molar-refractivity contribution in [3.63, 3.8) is 0 Å². The molecule has 2 amide bonds. The lowest BCUT2D eigenvalue weighted by Crippen LogP contribution is -2.32. The number of hydrazine groups is 1. The van der Waals surface area contributed by atoms with Gasteiger partial charge >= 0.3 is 5.69 Å². The molecular formula is C22H19N5O6S2. The van der Waals surface area contributed by atoms with Crippen molar-refractivity contribution in [1.82, 2.24) is 10.3 Å². The summed E-state index contributed by atoms with van der Waals surface area (Å²) in [6, 6.07) is 12.6. The Bertz CT molecular complexity index is 1230. The number of anilines is 1. The molecule has 0 aromatic heterocycles. The minimum Gasteiger partial charge on any atom is -0.293 e. The van der Waals surface area contributed by atoms with Gasteiger partial charge in [-0.1, -0.05) is 66.5 Å². The van der Waals surface area contributed by atoms with E-state index in [1.54, 1.807) is 12.2 Å². The lowest BCUT2D eigenvalue weighted by molar-refractivity contribution is -0.393. The van der Waals surface area contributed by atoms with Crippen molar-refractivity contribution in [3.8, 4) is 0 Å². The first-order chi connectivity index (χ1) is 16.8. The van der Waals surface area contributed by atoms with Crippen LogP contribution in [0.15, 0.2) is 65.6 Å². The van der Waals surface area contributed by atoms with Gasteiger partial charge < -0.3 is 0 Å². The summed E-state index contributed by atoms with van der Waals surface area (Å²) in [6.07, 6.45) is 5.66. The van der Waals surface area contributed by atoms with Gasteiger partial charge in [-0.3, -0.25) is 45.6 Å². The van der Waals surface area contributed by atoms with E-state index in [2.05, 4.69) is 10.9 Å². The number of allylic oxidation sites excluding steroid dienone is 2. The number of rotatable bonds is 10. The first-order valence-corrected chi connectivity index (χ1v) is 11.4. The quantitative estimate of drug-likeness (QED) is 0.206. The Morgan fingerprint density at radius 2 is 1.86 bits per heavy atom. The highest BCUT2D eigenvalue weighted by molar-refractivity contribution is 8.26. The van der Waals surface area contributed by atoms with E-state index in [0.717, 1.165) is 23.8 Å². The number of hydrogen-bond donors (Lipinski definition) is 2. The van der Waals surface area contributed by atoms with E-state index >= 15 is 0 Å². The molecule has 180 valence electrons. The zero-order valence-corrected chi connectivity index (χ0v) is 19.7. The molecule has 1 aliphatic heterocycles. The Hall–Kier alpha value is -4.10. The molecule has 3 rings (SSSR count). The van der Waals surface area contributed by atoms with Crippen LogP contribution in [-0.2, 0) is 9.59 Å². The second-order valence-electron chi connectivity index (χ2n) is 7.12. The van der Waals surface area contributed by atoms with Crippen molar-refractivity contribution in [2.24, 2.45) is 0 Å². The summed E-state index contributed by atoms with van der Waals surface area (Å²) in [7, 11) is 0. The fraction of sp³-hybridized carbons (Fsp3) is 0.136. The third kappa shape index (κ3) is 6.94. The number of amides is 2. The third-order valence-corrected chi connectivity index (χ3v) is 6.12. The summed E-state index contributed by atoms with van der Waals surface area (Å²) >= 11 is 6.46. The van der Waals surface area contributed by atoms with E-state index in [1.165, 1.54) is 16.7 Å². The molecule has 0 bridgehead atoms. The standard InChI is InChI=1S/C22H19N5O6S2/c28-20(24-23-17-12-11-16(26(30)31)14-18(17)27(32)33)10-5-13-25-21(29)19(35-22(25)34)9-4-8-15-6-2-1-3-7-15/h1-4,6-9,11-12,14,23H,5,10,13H2,(H,24,28)/b8-4+,19-9-. The van der Waals surface area contributed by atoms with Gasteiger partial charge in [-0.2, -0.15) is 0 Å². The molecule has 1 saturated heterocycles. The van der Waals surface area contributed by atoms with Crippen LogP contribution < -0.4 is 10.9 Å². The fourth-order valence-corrected chi connectivity index (χ4v) is 4.27. The molecule has 2 aromatic carbocycles. The van der Waals surface area contributed by atoms with Crippen molar-refractivity contribution in [2.75, 3.05) is 12.0 Å². The molecule has 2 aromatic rings.